The van der Waals surface area contributed by atoms with Crippen LogP contribution in [0.15, 0.2) is 30.3 Å². The molecule has 0 radical (unpaired) electrons. The van der Waals surface area contributed by atoms with Crippen LogP contribution >= 0.6 is 20.2 Å². The fraction of sp³-hybridized carbons (Fsp3) is 0.750. The molecule has 9 heteroatoms. The summed E-state index contributed by atoms with van der Waals surface area (Å²) in [5.74, 6) is 1.80. The molecule has 212 valence electrons. The third-order valence-electron chi connectivity index (χ3n) is 6.02. The van der Waals surface area contributed by atoms with Gasteiger partial charge in [0.05, 0.1) is 18.8 Å². The maximum atomic E-state index is 10.8. The Kier molecular flexibility index (Phi) is 19.9. The predicted molar refractivity (Wildman–Crippen MR) is 151 cm³/mol. The Hall–Kier alpha value is -1.18. The number of carbonyl (C=O) groups is 1. The highest BCUT2D eigenvalue weighted by Gasteiger charge is 2.37. The van der Waals surface area contributed by atoms with Crippen LogP contribution in [0.4, 0.5) is 0 Å². The normalized spacial score (nSPS) is 14.8. The van der Waals surface area contributed by atoms with Gasteiger partial charge in [0.2, 0.25) is 8.46 Å². The standard InChI is InChI=1S/C28H47O7PS/c1-3-14-25(35-26-16-10-8-11-17-26)18-22-37-21-12-7-5-4-6-9-15-24(2)34-20-13-19-33-23-28(31,36-32)27(29)30/h8,10-11,16-17,24-25,31H,3-7,9,12-15,18-23H2,1-2H3,(H,29,30). The summed E-state index contributed by atoms with van der Waals surface area (Å²) in [6.07, 6.45) is 13.0. The fourth-order valence-corrected chi connectivity index (χ4v) is 5.07. The van der Waals surface area contributed by atoms with Crippen LogP contribution in [-0.2, 0) is 18.8 Å². The van der Waals surface area contributed by atoms with E-state index in [-0.39, 0.29) is 12.7 Å². The second kappa shape index (κ2) is 21.7. The van der Waals surface area contributed by atoms with Gasteiger partial charge in [-0.15, -0.1) is 0 Å². The maximum Gasteiger partial charge on any atom is 0.350 e. The van der Waals surface area contributed by atoms with Crippen LogP contribution < -0.4 is 4.74 Å². The lowest BCUT2D eigenvalue weighted by molar-refractivity contribution is -0.154. The molecule has 0 bridgehead atoms. The van der Waals surface area contributed by atoms with Gasteiger partial charge < -0.3 is 24.4 Å². The van der Waals surface area contributed by atoms with E-state index in [1.165, 1.54) is 37.9 Å². The number of para-hydroxylation sites is 1. The first kappa shape index (κ1) is 33.8. The summed E-state index contributed by atoms with van der Waals surface area (Å²) in [5, 5.41) is 16.0. The summed E-state index contributed by atoms with van der Waals surface area (Å²) in [6, 6.07) is 10.1. The fourth-order valence-electron chi connectivity index (χ4n) is 3.81. The van der Waals surface area contributed by atoms with Crippen LogP contribution in [0.25, 0.3) is 0 Å². The number of unbranched alkanes of at least 4 members (excludes halogenated alkanes) is 5. The van der Waals surface area contributed by atoms with Crippen molar-refractivity contribution in [3.8, 4) is 5.75 Å². The zero-order valence-corrected chi connectivity index (χ0v) is 24.4. The quantitative estimate of drug-likeness (QED) is 0.0980. The van der Waals surface area contributed by atoms with Crippen LogP contribution in [0.5, 0.6) is 5.75 Å². The van der Waals surface area contributed by atoms with Crippen molar-refractivity contribution in [2.24, 2.45) is 0 Å². The van der Waals surface area contributed by atoms with Gasteiger partial charge in [0.15, 0.2) is 0 Å². The smallest absolute Gasteiger partial charge is 0.350 e. The number of hydrogen-bond acceptors (Lipinski definition) is 7. The van der Waals surface area contributed by atoms with Crippen molar-refractivity contribution in [1.29, 1.82) is 0 Å². The van der Waals surface area contributed by atoms with Crippen LogP contribution in [0.1, 0.15) is 84.5 Å². The molecule has 1 aromatic carbocycles. The summed E-state index contributed by atoms with van der Waals surface area (Å²) in [6.45, 7) is 4.53. The van der Waals surface area contributed by atoms with E-state index >= 15 is 0 Å². The second-order valence-electron chi connectivity index (χ2n) is 9.45. The van der Waals surface area contributed by atoms with Crippen molar-refractivity contribution in [1.82, 2.24) is 0 Å². The first-order valence-electron chi connectivity index (χ1n) is 13.7. The third-order valence-corrected chi connectivity index (χ3v) is 7.75. The average Bonchev–Trinajstić information content (AvgIpc) is 2.89. The number of thioether (sulfide) groups is 1. The van der Waals surface area contributed by atoms with Gasteiger partial charge in [0.25, 0.3) is 5.34 Å². The zero-order valence-electron chi connectivity index (χ0n) is 22.6. The van der Waals surface area contributed by atoms with Crippen molar-refractivity contribution >= 4 is 26.2 Å². The molecule has 0 spiro atoms. The third kappa shape index (κ3) is 17.1. The summed E-state index contributed by atoms with van der Waals surface area (Å²) in [7, 11) is -0.878. The molecule has 0 amide bonds. The largest absolute Gasteiger partial charge is 0.490 e. The van der Waals surface area contributed by atoms with Crippen molar-refractivity contribution in [3.05, 3.63) is 30.3 Å². The van der Waals surface area contributed by atoms with Crippen molar-refractivity contribution < 1.29 is 33.8 Å². The Labute approximate surface area is 229 Å². The number of hydrogen-bond donors (Lipinski definition) is 2. The predicted octanol–water partition coefficient (Wildman–Crippen LogP) is 6.96. The topological polar surface area (TPSA) is 102 Å². The average molecular weight is 559 g/mol. The molecule has 0 fully saturated rings. The lowest BCUT2D eigenvalue weighted by Gasteiger charge is -2.18. The monoisotopic (exact) mass is 558 g/mol. The molecule has 0 aliphatic carbocycles. The van der Waals surface area contributed by atoms with E-state index in [2.05, 4.69) is 13.8 Å². The highest BCUT2D eigenvalue weighted by atomic mass is 32.2. The number of carboxylic acid groups (broad SMARTS) is 1. The summed E-state index contributed by atoms with van der Waals surface area (Å²) >= 11 is 2.05. The van der Waals surface area contributed by atoms with E-state index < -0.39 is 26.4 Å². The molecule has 1 rings (SSSR count). The van der Waals surface area contributed by atoms with Crippen LogP contribution in [0.3, 0.4) is 0 Å². The van der Waals surface area contributed by atoms with Crippen molar-refractivity contribution in [2.45, 2.75) is 102 Å². The Morgan fingerprint density at radius 3 is 2.35 bits per heavy atom. The molecule has 2 N–H and O–H groups in total. The molecule has 3 unspecified atom stereocenters. The van der Waals surface area contributed by atoms with Crippen LogP contribution in [-0.4, -0.2) is 65.1 Å². The number of ether oxygens (including phenoxy) is 3. The van der Waals surface area contributed by atoms with Crippen molar-refractivity contribution in [2.75, 3.05) is 31.3 Å². The second-order valence-corrected chi connectivity index (χ2v) is 11.6. The number of aliphatic hydroxyl groups is 1. The van der Waals surface area contributed by atoms with Crippen LogP contribution in [0, 0.1) is 0 Å². The lowest BCUT2D eigenvalue weighted by Crippen LogP contribution is -2.37. The first-order chi connectivity index (χ1) is 17.9. The minimum atomic E-state index is -2.37. The highest BCUT2D eigenvalue weighted by Crippen LogP contribution is 2.21. The van der Waals surface area contributed by atoms with Gasteiger partial charge in [-0.25, -0.2) is 4.79 Å². The molecule has 0 aliphatic heterocycles. The number of benzene rings is 1. The van der Waals surface area contributed by atoms with E-state index in [1.807, 2.05) is 42.1 Å². The van der Waals surface area contributed by atoms with E-state index in [4.69, 9.17) is 19.3 Å². The molecule has 0 saturated heterocycles. The zero-order chi connectivity index (χ0) is 27.2. The molecule has 3 atom stereocenters. The van der Waals surface area contributed by atoms with Crippen molar-refractivity contribution in [3.63, 3.8) is 0 Å². The molecule has 0 heterocycles. The van der Waals surface area contributed by atoms with Gasteiger partial charge in [-0.2, -0.15) is 11.8 Å². The molecular weight excluding hydrogens is 511 g/mol. The molecule has 1 aromatic rings. The van der Waals surface area contributed by atoms with E-state index in [9.17, 15) is 14.5 Å². The number of rotatable bonds is 25. The Balaban J connectivity index is 1.91. The Morgan fingerprint density at radius 1 is 0.973 bits per heavy atom. The lowest BCUT2D eigenvalue weighted by atomic mass is 10.1. The first-order valence-corrected chi connectivity index (χ1v) is 15.7. The number of aliphatic carboxylic acids is 1. The number of carboxylic acids is 1. The minimum Gasteiger partial charge on any atom is -0.490 e. The van der Waals surface area contributed by atoms with E-state index in [0.29, 0.717) is 19.1 Å². The molecule has 7 nitrogen and oxygen atoms in total. The molecular formula is C28H47O7PS. The summed E-state index contributed by atoms with van der Waals surface area (Å²) < 4.78 is 27.8. The Morgan fingerprint density at radius 2 is 1.68 bits per heavy atom. The van der Waals surface area contributed by atoms with E-state index in [1.54, 1.807) is 0 Å². The SMILES string of the molecule is CCCC(CCSCCCCCCCCC(C)OCCCOCC(O)(P=O)C(=O)O)Oc1ccccc1. The molecule has 0 aliphatic rings. The summed E-state index contributed by atoms with van der Waals surface area (Å²) in [5.41, 5.74) is 0. The van der Waals surface area contributed by atoms with Gasteiger partial charge in [-0.3, -0.25) is 4.57 Å². The van der Waals surface area contributed by atoms with Gasteiger partial charge in [-0.1, -0.05) is 63.6 Å². The minimum absolute atomic E-state index is 0.176. The van der Waals surface area contributed by atoms with Crippen LogP contribution in [0.2, 0.25) is 0 Å². The van der Waals surface area contributed by atoms with Gasteiger partial charge in [0.1, 0.15) is 5.75 Å². The maximum absolute atomic E-state index is 10.8. The van der Waals surface area contributed by atoms with Gasteiger partial charge in [-0.05, 0) is 62.7 Å². The molecule has 0 aromatic heterocycles. The van der Waals surface area contributed by atoms with Gasteiger partial charge in [0, 0.05) is 13.2 Å². The highest BCUT2D eigenvalue weighted by molar-refractivity contribution is 7.99. The van der Waals surface area contributed by atoms with Gasteiger partial charge >= 0.3 is 5.97 Å². The molecule has 37 heavy (non-hydrogen) atoms. The Bertz CT molecular complexity index is 709. The van der Waals surface area contributed by atoms with E-state index in [0.717, 1.165) is 43.6 Å². The summed E-state index contributed by atoms with van der Waals surface area (Å²) in [4.78, 5) is 10.8. The molecule has 0 saturated carbocycles.